The molecule has 1 aromatic rings. The highest BCUT2D eigenvalue weighted by molar-refractivity contribution is 5.79. The molecule has 0 spiro atoms. The van der Waals surface area contributed by atoms with Crippen LogP contribution in [0.15, 0.2) is 4.99 Å². The van der Waals surface area contributed by atoms with Gasteiger partial charge in [0.15, 0.2) is 11.8 Å². The van der Waals surface area contributed by atoms with Gasteiger partial charge in [-0.25, -0.2) is 9.67 Å². The van der Waals surface area contributed by atoms with Crippen LogP contribution >= 0.6 is 0 Å². The predicted molar refractivity (Wildman–Crippen MR) is 108 cm³/mol. The summed E-state index contributed by atoms with van der Waals surface area (Å²) in [5, 5.41) is 11.6. The van der Waals surface area contributed by atoms with Gasteiger partial charge >= 0.3 is 0 Å². The fraction of sp³-hybridized carbons (Fsp3) is 0.850. The van der Waals surface area contributed by atoms with E-state index < -0.39 is 0 Å². The molecule has 2 heterocycles. The van der Waals surface area contributed by atoms with E-state index in [9.17, 15) is 0 Å². The van der Waals surface area contributed by atoms with Crippen LogP contribution in [0.3, 0.4) is 0 Å². The number of guanidine groups is 1. The third kappa shape index (κ3) is 5.92. The molecule has 0 amide bonds. The van der Waals surface area contributed by atoms with Crippen LogP contribution in [0, 0.1) is 0 Å². The van der Waals surface area contributed by atoms with Crippen LogP contribution in [0.1, 0.15) is 76.4 Å². The number of aliphatic imine (C=N–C) groups is 1. The molecular weight excluding hydrogens is 340 g/mol. The first-order valence-electron chi connectivity index (χ1n) is 10.7. The molecule has 1 saturated carbocycles. The Labute approximate surface area is 163 Å². The number of nitrogens with zero attached hydrogens (tertiary/aromatic N) is 4. The zero-order valence-corrected chi connectivity index (χ0v) is 17.2. The zero-order chi connectivity index (χ0) is 19.1. The highest BCUT2D eigenvalue weighted by Gasteiger charge is 2.23. The minimum Gasteiger partial charge on any atom is -0.376 e. The van der Waals surface area contributed by atoms with Crippen molar-refractivity contribution in [3.05, 3.63) is 11.6 Å². The first-order valence-corrected chi connectivity index (χ1v) is 10.7. The molecule has 1 unspecified atom stereocenters. The zero-order valence-electron chi connectivity index (χ0n) is 17.2. The van der Waals surface area contributed by atoms with Crippen molar-refractivity contribution in [2.75, 3.05) is 20.2 Å². The number of hydrogen-bond acceptors (Lipinski definition) is 4. The van der Waals surface area contributed by atoms with Gasteiger partial charge in [-0.2, -0.15) is 5.10 Å². The van der Waals surface area contributed by atoms with E-state index in [1.807, 2.05) is 7.05 Å². The number of ether oxygens (including phenoxy) is 1. The second-order valence-electron chi connectivity index (χ2n) is 8.09. The number of aryl methyl sites for hydroxylation is 1. The number of hydrogen-bond donors (Lipinski definition) is 2. The summed E-state index contributed by atoms with van der Waals surface area (Å²) in [4.78, 5) is 9.02. The van der Waals surface area contributed by atoms with Gasteiger partial charge in [0.1, 0.15) is 5.82 Å². The molecular formula is C20H36N6O. The van der Waals surface area contributed by atoms with Gasteiger partial charge < -0.3 is 15.4 Å². The molecule has 7 heteroatoms. The maximum Gasteiger partial charge on any atom is 0.191 e. The van der Waals surface area contributed by atoms with Crippen molar-refractivity contribution < 1.29 is 4.74 Å². The van der Waals surface area contributed by atoms with Gasteiger partial charge in [-0.3, -0.25) is 4.99 Å². The van der Waals surface area contributed by atoms with Crippen molar-refractivity contribution >= 4 is 5.96 Å². The topological polar surface area (TPSA) is 76.4 Å². The third-order valence-corrected chi connectivity index (χ3v) is 5.51. The number of aromatic nitrogens is 3. The van der Waals surface area contributed by atoms with E-state index in [0.29, 0.717) is 18.1 Å². The fourth-order valence-corrected chi connectivity index (χ4v) is 3.88. The van der Waals surface area contributed by atoms with Crippen LogP contribution in [0.2, 0.25) is 0 Å². The van der Waals surface area contributed by atoms with E-state index in [2.05, 4.69) is 44.2 Å². The molecule has 7 nitrogen and oxygen atoms in total. The van der Waals surface area contributed by atoms with Gasteiger partial charge in [0.05, 0.1) is 19.3 Å². The summed E-state index contributed by atoms with van der Waals surface area (Å²) in [7, 11) is 1.82. The summed E-state index contributed by atoms with van der Waals surface area (Å²) in [6.45, 7) is 6.64. The van der Waals surface area contributed by atoms with E-state index in [1.165, 1.54) is 38.5 Å². The first kappa shape index (κ1) is 20.1. The van der Waals surface area contributed by atoms with Crippen LogP contribution in [0.25, 0.3) is 0 Å². The SMILES string of the molecule is CN=C(NCCOC1CCCCCC1)NC1CCc2nc(C(C)C)nn2C1. The van der Waals surface area contributed by atoms with Gasteiger partial charge in [0, 0.05) is 32.0 Å². The maximum atomic E-state index is 6.05. The van der Waals surface area contributed by atoms with E-state index in [4.69, 9.17) is 4.74 Å². The summed E-state index contributed by atoms with van der Waals surface area (Å²) < 4.78 is 8.11. The Morgan fingerprint density at radius 2 is 2.00 bits per heavy atom. The number of nitrogens with one attached hydrogen (secondary N) is 2. The Bertz CT molecular complexity index is 604. The summed E-state index contributed by atoms with van der Waals surface area (Å²) in [6.07, 6.45) is 10.2. The smallest absolute Gasteiger partial charge is 0.191 e. The summed E-state index contributed by atoms with van der Waals surface area (Å²) in [6, 6.07) is 0.327. The molecule has 1 atom stereocenters. The minimum absolute atomic E-state index is 0.327. The standard InChI is InChI=1S/C20H36N6O/c1-15(2)19-24-18-11-10-16(14-26(18)25-19)23-20(21-3)22-12-13-27-17-8-6-4-5-7-9-17/h15-17H,4-14H2,1-3H3,(H2,21,22,23). The summed E-state index contributed by atoms with van der Waals surface area (Å²) in [5.41, 5.74) is 0. The Kier molecular flexibility index (Phi) is 7.50. The van der Waals surface area contributed by atoms with Crippen molar-refractivity contribution in [3.8, 4) is 0 Å². The lowest BCUT2D eigenvalue weighted by Crippen LogP contribution is -2.47. The molecule has 1 fully saturated rings. The fourth-order valence-electron chi connectivity index (χ4n) is 3.88. The molecule has 152 valence electrons. The minimum atomic E-state index is 0.327. The lowest BCUT2D eigenvalue weighted by atomic mass is 10.1. The molecule has 2 N–H and O–H groups in total. The lowest BCUT2D eigenvalue weighted by molar-refractivity contribution is 0.0467. The largest absolute Gasteiger partial charge is 0.376 e. The van der Waals surface area contributed by atoms with Gasteiger partial charge in [-0.05, 0) is 19.3 Å². The van der Waals surface area contributed by atoms with Gasteiger partial charge in [-0.1, -0.05) is 39.5 Å². The van der Waals surface area contributed by atoms with Crippen LogP contribution < -0.4 is 10.6 Å². The van der Waals surface area contributed by atoms with E-state index in [-0.39, 0.29) is 0 Å². The number of fused-ring (bicyclic) bond motifs is 1. The molecule has 1 aromatic heterocycles. The summed E-state index contributed by atoms with van der Waals surface area (Å²) >= 11 is 0. The Morgan fingerprint density at radius 1 is 1.22 bits per heavy atom. The maximum absolute atomic E-state index is 6.05. The second kappa shape index (κ2) is 10.1. The van der Waals surface area contributed by atoms with Crippen molar-refractivity contribution in [1.29, 1.82) is 0 Å². The average Bonchev–Trinajstić information content (AvgIpc) is 2.92. The normalized spacial score (nSPS) is 21.8. The molecule has 0 saturated heterocycles. The second-order valence-corrected chi connectivity index (χ2v) is 8.09. The van der Waals surface area contributed by atoms with Crippen molar-refractivity contribution in [2.45, 2.75) is 89.8 Å². The molecule has 1 aliphatic heterocycles. The Morgan fingerprint density at radius 3 is 2.70 bits per heavy atom. The molecule has 0 aromatic carbocycles. The highest BCUT2D eigenvalue weighted by atomic mass is 16.5. The molecule has 0 radical (unpaired) electrons. The number of rotatable bonds is 6. The van der Waals surface area contributed by atoms with Crippen LogP contribution in [-0.2, 0) is 17.7 Å². The molecule has 27 heavy (non-hydrogen) atoms. The predicted octanol–water partition coefficient (Wildman–Crippen LogP) is 2.62. The third-order valence-electron chi connectivity index (χ3n) is 5.51. The van der Waals surface area contributed by atoms with Crippen LogP contribution in [-0.4, -0.2) is 53.1 Å². The van der Waals surface area contributed by atoms with Crippen molar-refractivity contribution in [3.63, 3.8) is 0 Å². The van der Waals surface area contributed by atoms with Gasteiger partial charge in [0.25, 0.3) is 0 Å². The van der Waals surface area contributed by atoms with Crippen molar-refractivity contribution in [2.24, 2.45) is 4.99 Å². The van der Waals surface area contributed by atoms with Crippen LogP contribution in [0.4, 0.5) is 0 Å². The monoisotopic (exact) mass is 376 g/mol. The summed E-state index contributed by atoms with van der Waals surface area (Å²) in [5.74, 6) is 3.27. The molecule has 3 rings (SSSR count). The Balaban J connectivity index is 1.39. The first-order chi connectivity index (χ1) is 13.2. The average molecular weight is 377 g/mol. The van der Waals surface area contributed by atoms with E-state index >= 15 is 0 Å². The molecule has 0 bridgehead atoms. The molecule has 2 aliphatic rings. The van der Waals surface area contributed by atoms with Crippen molar-refractivity contribution in [1.82, 2.24) is 25.4 Å². The van der Waals surface area contributed by atoms with E-state index in [1.54, 1.807) is 0 Å². The van der Waals surface area contributed by atoms with Crippen LogP contribution in [0.5, 0.6) is 0 Å². The van der Waals surface area contributed by atoms with Gasteiger partial charge in [0.2, 0.25) is 0 Å². The quantitative estimate of drug-likeness (QED) is 0.345. The van der Waals surface area contributed by atoms with E-state index in [0.717, 1.165) is 50.1 Å². The Hall–Kier alpha value is -1.63. The molecule has 1 aliphatic carbocycles. The lowest BCUT2D eigenvalue weighted by Gasteiger charge is -2.25. The highest BCUT2D eigenvalue weighted by Crippen LogP contribution is 2.19. The van der Waals surface area contributed by atoms with Gasteiger partial charge in [-0.15, -0.1) is 0 Å².